The van der Waals surface area contributed by atoms with Crippen molar-refractivity contribution < 1.29 is 9.53 Å². The summed E-state index contributed by atoms with van der Waals surface area (Å²) < 4.78 is 15.4. The number of thioether (sulfide) groups is 1. The Balaban J connectivity index is 1.50. The summed E-state index contributed by atoms with van der Waals surface area (Å²) in [7, 11) is 1.55. The number of hydrogen-bond donors (Lipinski definition) is 1. The maximum atomic E-state index is 13.4. The number of fused-ring (bicyclic) bond motifs is 2. The molecule has 0 unspecified atom stereocenters. The van der Waals surface area contributed by atoms with E-state index in [2.05, 4.69) is 19.0 Å². The molecule has 2 heterocycles. The van der Waals surface area contributed by atoms with Crippen molar-refractivity contribution in [2.75, 3.05) is 18.2 Å². The molecule has 3 aromatic carbocycles. The van der Waals surface area contributed by atoms with Gasteiger partial charge in [-0.2, -0.15) is 8.75 Å². The van der Waals surface area contributed by atoms with Gasteiger partial charge in [0, 0.05) is 0 Å². The minimum Gasteiger partial charge on any atom is -0.495 e. The summed E-state index contributed by atoms with van der Waals surface area (Å²) >= 11 is 2.27. The molecule has 0 fully saturated rings. The lowest BCUT2D eigenvalue weighted by Gasteiger charge is -2.15. The van der Waals surface area contributed by atoms with Crippen LogP contribution in [0.5, 0.6) is 5.75 Å². The van der Waals surface area contributed by atoms with E-state index in [4.69, 9.17) is 4.74 Å². The van der Waals surface area contributed by atoms with Crippen LogP contribution in [0.15, 0.2) is 76.7 Å². The number of amides is 1. The molecule has 0 saturated carbocycles. The molecule has 10 heteroatoms. The molecule has 8 nitrogen and oxygen atoms in total. The molecule has 33 heavy (non-hydrogen) atoms. The molecule has 0 atom stereocenters. The zero-order valence-corrected chi connectivity index (χ0v) is 19.0. The second-order valence-corrected chi connectivity index (χ2v) is 8.47. The van der Waals surface area contributed by atoms with E-state index < -0.39 is 0 Å². The number of rotatable bonds is 6. The van der Waals surface area contributed by atoms with Crippen LogP contribution < -0.4 is 15.6 Å². The second-order valence-electron chi connectivity index (χ2n) is 7.00. The Morgan fingerprint density at radius 2 is 1.82 bits per heavy atom. The number of carbonyl (C=O) groups is 1. The molecule has 164 valence electrons. The predicted octanol–water partition coefficient (Wildman–Crippen LogP) is 4.13. The van der Waals surface area contributed by atoms with Gasteiger partial charge in [-0.3, -0.25) is 14.2 Å². The van der Waals surface area contributed by atoms with Crippen molar-refractivity contribution in [3.8, 4) is 11.4 Å². The summed E-state index contributed by atoms with van der Waals surface area (Å²) in [4.78, 5) is 30.8. The molecule has 1 amide bonds. The van der Waals surface area contributed by atoms with Crippen molar-refractivity contribution in [1.82, 2.24) is 18.3 Å². The van der Waals surface area contributed by atoms with Gasteiger partial charge in [0.1, 0.15) is 16.8 Å². The van der Waals surface area contributed by atoms with Gasteiger partial charge in [-0.1, -0.05) is 42.1 Å². The minimum atomic E-state index is -0.241. The Kier molecular flexibility index (Phi) is 5.76. The molecule has 0 aliphatic rings. The third-order valence-electron chi connectivity index (χ3n) is 4.96. The molecular formula is C23H17N5O3S2. The quantitative estimate of drug-likeness (QED) is 0.291. The molecule has 0 aliphatic carbocycles. The first-order chi connectivity index (χ1) is 16.2. The minimum absolute atomic E-state index is 0.0495. The van der Waals surface area contributed by atoms with Crippen molar-refractivity contribution in [3.63, 3.8) is 0 Å². The third-order valence-corrected chi connectivity index (χ3v) is 6.44. The Bertz CT molecular complexity index is 1550. The molecule has 5 rings (SSSR count). The van der Waals surface area contributed by atoms with Gasteiger partial charge in [0.2, 0.25) is 5.91 Å². The largest absolute Gasteiger partial charge is 0.495 e. The third kappa shape index (κ3) is 4.06. The second kappa shape index (κ2) is 9.00. The first-order valence-electron chi connectivity index (χ1n) is 9.95. The van der Waals surface area contributed by atoms with Gasteiger partial charge in [0.15, 0.2) is 5.16 Å². The SMILES string of the molecule is COc1ccccc1-n1c(SCC(=O)Nc2cccc3nsnc23)nc2ccccc2c1=O. The number of carbonyl (C=O) groups excluding carboxylic acids is 1. The first-order valence-corrected chi connectivity index (χ1v) is 11.7. The highest BCUT2D eigenvalue weighted by molar-refractivity contribution is 7.99. The van der Waals surface area contributed by atoms with Gasteiger partial charge in [-0.25, -0.2) is 4.98 Å². The summed E-state index contributed by atoms with van der Waals surface area (Å²) in [6.07, 6.45) is 0. The molecule has 0 saturated heterocycles. The zero-order valence-electron chi connectivity index (χ0n) is 17.4. The van der Waals surface area contributed by atoms with Crippen LogP contribution in [0.25, 0.3) is 27.6 Å². The fourth-order valence-corrected chi connectivity index (χ4v) is 4.81. The van der Waals surface area contributed by atoms with Gasteiger partial charge < -0.3 is 10.1 Å². The normalized spacial score (nSPS) is 11.1. The summed E-state index contributed by atoms with van der Waals surface area (Å²) in [5.74, 6) is 0.341. The number of nitrogens with one attached hydrogen (secondary N) is 1. The molecule has 0 spiro atoms. The molecule has 0 radical (unpaired) electrons. The number of methoxy groups -OCH3 is 1. The Morgan fingerprint density at radius 1 is 1.03 bits per heavy atom. The van der Waals surface area contributed by atoms with Crippen molar-refractivity contribution in [2.45, 2.75) is 5.16 Å². The van der Waals surface area contributed by atoms with Gasteiger partial charge in [0.05, 0.1) is 46.9 Å². The smallest absolute Gasteiger partial charge is 0.266 e. The van der Waals surface area contributed by atoms with Crippen molar-refractivity contribution in [1.29, 1.82) is 0 Å². The van der Waals surface area contributed by atoms with Gasteiger partial charge >= 0.3 is 0 Å². The first kappa shape index (κ1) is 21.1. The Hall–Kier alpha value is -3.76. The number of nitrogens with zero attached hydrogens (tertiary/aromatic N) is 4. The lowest BCUT2D eigenvalue weighted by atomic mass is 10.2. The van der Waals surface area contributed by atoms with E-state index in [-0.39, 0.29) is 17.2 Å². The summed E-state index contributed by atoms with van der Waals surface area (Å²) in [5, 5.41) is 3.76. The molecule has 2 aromatic heterocycles. The molecule has 1 N–H and O–H groups in total. The van der Waals surface area contributed by atoms with Crippen LogP contribution in [0.3, 0.4) is 0 Å². The van der Waals surface area contributed by atoms with Crippen LogP contribution in [0.2, 0.25) is 0 Å². The lowest BCUT2D eigenvalue weighted by Crippen LogP contribution is -2.23. The van der Waals surface area contributed by atoms with E-state index in [0.717, 1.165) is 17.2 Å². The highest BCUT2D eigenvalue weighted by Gasteiger charge is 2.18. The van der Waals surface area contributed by atoms with Crippen LogP contribution in [0, 0.1) is 0 Å². The number of hydrogen-bond acceptors (Lipinski definition) is 8. The molecular weight excluding hydrogens is 458 g/mol. The van der Waals surface area contributed by atoms with Gasteiger partial charge in [-0.15, -0.1) is 0 Å². The highest BCUT2D eigenvalue weighted by atomic mass is 32.2. The average Bonchev–Trinajstić information content (AvgIpc) is 3.33. The fraction of sp³-hybridized carbons (Fsp3) is 0.0870. The number of anilines is 1. The maximum Gasteiger partial charge on any atom is 0.266 e. The summed E-state index contributed by atoms with van der Waals surface area (Å²) in [6.45, 7) is 0. The monoisotopic (exact) mass is 475 g/mol. The van der Waals surface area contributed by atoms with Gasteiger partial charge in [0.25, 0.3) is 5.56 Å². The topological polar surface area (TPSA) is 99.0 Å². The predicted molar refractivity (Wildman–Crippen MR) is 131 cm³/mol. The van der Waals surface area contributed by atoms with E-state index in [1.54, 1.807) is 43.5 Å². The number of aromatic nitrogens is 4. The summed E-state index contributed by atoms with van der Waals surface area (Å²) in [6, 6.07) is 19.8. The van der Waals surface area contributed by atoms with Crippen LogP contribution in [-0.4, -0.2) is 37.1 Å². The van der Waals surface area contributed by atoms with E-state index >= 15 is 0 Å². The molecule has 5 aromatic rings. The number of benzene rings is 3. The Morgan fingerprint density at radius 3 is 2.70 bits per heavy atom. The standard InChI is InChI=1S/C23H17N5O3S2/c1-31-19-12-5-4-11-18(19)28-22(30)14-7-2-3-8-15(14)25-23(28)32-13-20(29)24-16-9-6-10-17-21(16)27-33-26-17/h2-12H,13H2,1H3,(H,24,29). The lowest BCUT2D eigenvalue weighted by molar-refractivity contribution is -0.113. The van der Waals surface area contributed by atoms with E-state index in [0.29, 0.717) is 38.7 Å². The van der Waals surface area contributed by atoms with Crippen LogP contribution >= 0.6 is 23.5 Å². The Labute approximate surface area is 196 Å². The van der Waals surface area contributed by atoms with E-state index in [9.17, 15) is 9.59 Å². The van der Waals surface area contributed by atoms with Crippen molar-refractivity contribution in [3.05, 3.63) is 77.1 Å². The average molecular weight is 476 g/mol. The maximum absolute atomic E-state index is 13.4. The summed E-state index contributed by atoms with van der Waals surface area (Å²) in [5.41, 5.74) is 2.87. The van der Waals surface area contributed by atoms with E-state index in [1.165, 1.54) is 16.3 Å². The van der Waals surface area contributed by atoms with E-state index in [1.807, 2.05) is 30.3 Å². The highest BCUT2D eigenvalue weighted by Crippen LogP contribution is 2.27. The van der Waals surface area contributed by atoms with Crippen LogP contribution in [0.4, 0.5) is 5.69 Å². The van der Waals surface area contributed by atoms with Gasteiger partial charge in [-0.05, 0) is 36.4 Å². The number of ether oxygens (including phenoxy) is 1. The van der Waals surface area contributed by atoms with Crippen molar-refractivity contribution in [2.24, 2.45) is 0 Å². The van der Waals surface area contributed by atoms with Crippen molar-refractivity contribution >= 4 is 57.0 Å². The molecule has 0 aliphatic heterocycles. The fourth-order valence-electron chi connectivity index (χ4n) is 3.46. The zero-order chi connectivity index (χ0) is 22.8. The molecule has 0 bridgehead atoms. The van der Waals surface area contributed by atoms with Crippen LogP contribution in [-0.2, 0) is 4.79 Å². The van der Waals surface area contributed by atoms with Crippen LogP contribution in [0.1, 0.15) is 0 Å². The number of para-hydroxylation sites is 3.